The minimum Gasteiger partial charge on any atom is -0.386 e. The van der Waals surface area contributed by atoms with Crippen molar-refractivity contribution in [3.63, 3.8) is 0 Å². The van der Waals surface area contributed by atoms with Gasteiger partial charge in [-0.2, -0.15) is 0 Å². The first-order valence-corrected chi connectivity index (χ1v) is 9.54. The Bertz CT molecular complexity index is 743. The van der Waals surface area contributed by atoms with Crippen LogP contribution in [0.25, 0.3) is 0 Å². The molecule has 0 spiro atoms. The van der Waals surface area contributed by atoms with E-state index in [9.17, 15) is 9.90 Å². The summed E-state index contributed by atoms with van der Waals surface area (Å²) in [4.78, 5) is 18.0. The summed E-state index contributed by atoms with van der Waals surface area (Å²) in [5.41, 5.74) is 1.84. The van der Waals surface area contributed by atoms with Gasteiger partial charge in [-0.3, -0.25) is 4.79 Å². The fourth-order valence-electron chi connectivity index (χ4n) is 3.00. The Morgan fingerprint density at radius 3 is 2.54 bits per heavy atom. The van der Waals surface area contributed by atoms with Crippen molar-refractivity contribution in [1.82, 2.24) is 4.90 Å². The number of rotatable bonds is 8. The second-order valence-corrected chi connectivity index (χ2v) is 7.42. The smallest absolute Gasteiger partial charge is 0.254 e. The van der Waals surface area contributed by atoms with E-state index in [2.05, 4.69) is 16.4 Å². The van der Waals surface area contributed by atoms with Crippen LogP contribution >= 0.6 is 11.9 Å². The Labute approximate surface area is 158 Å². The quantitative estimate of drug-likeness (QED) is 0.427. The molecular formula is C20H23N3O2S. The molecule has 6 heteroatoms. The summed E-state index contributed by atoms with van der Waals surface area (Å²) in [6.45, 7) is 4.88. The normalized spacial score (nSPS) is 15.2. The minimum atomic E-state index is -0.825. The van der Waals surface area contributed by atoms with Gasteiger partial charge in [-0.25, -0.2) is 0 Å². The number of nitrogens with zero attached hydrogens (tertiary/aromatic N) is 2. The van der Waals surface area contributed by atoms with Crippen LogP contribution in [0.3, 0.4) is 0 Å². The summed E-state index contributed by atoms with van der Waals surface area (Å²) in [6.07, 6.45) is 0.567. The third kappa shape index (κ3) is 4.65. The van der Waals surface area contributed by atoms with Crippen molar-refractivity contribution < 1.29 is 9.90 Å². The summed E-state index contributed by atoms with van der Waals surface area (Å²) in [7, 11) is 0. The van der Waals surface area contributed by atoms with Gasteiger partial charge in [0, 0.05) is 30.0 Å². The molecule has 0 bridgehead atoms. The van der Waals surface area contributed by atoms with Gasteiger partial charge in [0.2, 0.25) is 0 Å². The number of hydrogen-bond acceptors (Lipinski definition) is 5. The first-order chi connectivity index (χ1) is 12.6. The lowest BCUT2D eigenvalue weighted by Gasteiger charge is -2.46. The molecule has 2 aromatic carbocycles. The standard InChI is InChI=1S/C20H23N3O2S/c1-21-11-12-26-22-18-9-7-17(8-10-18)19(24)23-14-20(25,15-23)13-16-5-3-2-4-6-16/h2-10,22,25H,1,11-15H2. The predicted octanol–water partition coefficient (Wildman–Crippen LogP) is 2.88. The molecule has 136 valence electrons. The molecule has 1 amide bonds. The third-order valence-electron chi connectivity index (χ3n) is 4.31. The van der Waals surface area contributed by atoms with Gasteiger partial charge in [0.05, 0.1) is 13.1 Å². The van der Waals surface area contributed by atoms with Crippen molar-refractivity contribution in [2.75, 3.05) is 30.1 Å². The van der Waals surface area contributed by atoms with E-state index in [4.69, 9.17) is 0 Å². The van der Waals surface area contributed by atoms with Gasteiger partial charge in [0.25, 0.3) is 5.91 Å². The zero-order valence-electron chi connectivity index (χ0n) is 14.6. The lowest BCUT2D eigenvalue weighted by molar-refractivity contribution is -0.0799. The van der Waals surface area contributed by atoms with Gasteiger partial charge in [0.1, 0.15) is 5.60 Å². The number of anilines is 1. The summed E-state index contributed by atoms with van der Waals surface area (Å²) < 4.78 is 3.21. The monoisotopic (exact) mass is 369 g/mol. The third-order valence-corrected chi connectivity index (χ3v) is 5.07. The van der Waals surface area contributed by atoms with Gasteiger partial charge in [-0.1, -0.05) is 42.3 Å². The van der Waals surface area contributed by atoms with E-state index in [-0.39, 0.29) is 5.91 Å². The Morgan fingerprint density at radius 2 is 1.88 bits per heavy atom. The molecule has 0 aromatic heterocycles. The summed E-state index contributed by atoms with van der Waals surface area (Å²) in [5, 5.41) is 10.6. The zero-order valence-corrected chi connectivity index (χ0v) is 15.4. The van der Waals surface area contributed by atoms with Gasteiger partial charge in [-0.15, -0.1) is 0 Å². The first kappa shape index (κ1) is 18.5. The molecule has 0 saturated carbocycles. The molecule has 26 heavy (non-hydrogen) atoms. The second-order valence-electron chi connectivity index (χ2n) is 6.52. The van der Waals surface area contributed by atoms with Crippen LogP contribution in [0.15, 0.2) is 59.6 Å². The van der Waals surface area contributed by atoms with Gasteiger partial charge < -0.3 is 19.7 Å². The molecule has 0 radical (unpaired) electrons. The van der Waals surface area contributed by atoms with Crippen molar-refractivity contribution in [3.8, 4) is 0 Å². The van der Waals surface area contributed by atoms with Gasteiger partial charge in [0.15, 0.2) is 0 Å². The molecule has 2 N–H and O–H groups in total. The van der Waals surface area contributed by atoms with Crippen molar-refractivity contribution >= 4 is 30.3 Å². The van der Waals surface area contributed by atoms with Crippen molar-refractivity contribution in [1.29, 1.82) is 0 Å². The number of aliphatic hydroxyl groups is 1. The number of β-amino-alcohol motifs (C(OH)–C–C–N with tert-alkyl or cyclic N) is 1. The number of carbonyl (C=O) groups is 1. The first-order valence-electron chi connectivity index (χ1n) is 8.56. The van der Waals surface area contributed by atoms with E-state index in [1.165, 1.54) is 0 Å². The Morgan fingerprint density at radius 1 is 1.19 bits per heavy atom. The molecule has 0 aliphatic carbocycles. The van der Waals surface area contributed by atoms with Crippen LogP contribution in [-0.4, -0.2) is 53.6 Å². The van der Waals surface area contributed by atoms with Crippen molar-refractivity contribution in [2.24, 2.45) is 4.99 Å². The SMILES string of the molecule is C=NCCSNc1ccc(C(=O)N2CC(O)(Cc3ccccc3)C2)cc1. The van der Waals surface area contributed by atoms with Crippen LogP contribution in [0.1, 0.15) is 15.9 Å². The molecule has 1 heterocycles. The topological polar surface area (TPSA) is 64.9 Å². The lowest BCUT2D eigenvalue weighted by Crippen LogP contribution is -2.64. The molecule has 0 unspecified atom stereocenters. The second kappa shape index (κ2) is 8.38. The molecule has 1 aliphatic rings. The number of hydrogen-bond donors (Lipinski definition) is 2. The summed E-state index contributed by atoms with van der Waals surface area (Å²) >= 11 is 1.56. The largest absolute Gasteiger partial charge is 0.386 e. The molecule has 1 fully saturated rings. The maximum atomic E-state index is 12.5. The number of nitrogens with one attached hydrogen (secondary N) is 1. The molecule has 2 aromatic rings. The van der Waals surface area contributed by atoms with Crippen LogP contribution in [0.2, 0.25) is 0 Å². The number of amides is 1. The maximum absolute atomic E-state index is 12.5. The van der Waals surface area contributed by atoms with Crippen LogP contribution in [0.5, 0.6) is 0 Å². The number of benzene rings is 2. The van der Waals surface area contributed by atoms with Crippen LogP contribution in [-0.2, 0) is 6.42 Å². The van der Waals surface area contributed by atoms with E-state index < -0.39 is 5.60 Å². The highest BCUT2D eigenvalue weighted by molar-refractivity contribution is 8.00. The van der Waals surface area contributed by atoms with E-state index in [0.717, 1.165) is 17.0 Å². The summed E-state index contributed by atoms with van der Waals surface area (Å²) in [5.74, 6) is 0.801. The van der Waals surface area contributed by atoms with Crippen molar-refractivity contribution in [3.05, 3.63) is 65.7 Å². The Hall–Kier alpha value is -2.31. The number of likely N-dealkylation sites (tertiary alicyclic amines) is 1. The molecule has 1 aliphatic heterocycles. The highest BCUT2D eigenvalue weighted by atomic mass is 32.2. The van der Waals surface area contributed by atoms with E-state index in [0.29, 0.717) is 31.6 Å². The Balaban J connectivity index is 1.50. The van der Waals surface area contributed by atoms with Gasteiger partial charge in [-0.05, 0) is 36.5 Å². The molecule has 3 rings (SSSR count). The fourth-order valence-corrected chi connectivity index (χ4v) is 3.63. The molecule has 0 atom stereocenters. The highest BCUT2D eigenvalue weighted by Gasteiger charge is 2.43. The Kier molecular flexibility index (Phi) is 5.96. The lowest BCUT2D eigenvalue weighted by atomic mass is 9.86. The minimum absolute atomic E-state index is 0.0437. The van der Waals surface area contributed by atoms with Crippen molar-refractivity contribution in [2.45, 2.75) is 12.0 Å². The van der Waals surface area contributed by atoms with E-state index in [1.54, 1.807) is 16.8 Å². The van der Waals surface area contributed by atoms with Crippen LogP contribution in [0, 0.1) is 0 Å². The number of aliphatic imine (C=N–C) groups is 1. The fraction of sp³-hybridized carbons (Fsp3) is 0.300. The molecule has 5 nitrogen and oxygen atoms in total. The summed E-state index contributed by atoms with van der Waals surface area (Å²) in [6, 6.07) is 17.3. The molecular weight excluding hydrogens is 346 g/mol. The molecule has 1 saturated heterocycles. The average Bonchev–Trinajstić information content (AvgIpc) is 2.64. The zero-order chi connectivity index (χ0) is 18.4. The average molecular weight is 369 g/mol. The van der Waals surface area contributed by atoms with E-state index in [1.807, 2.05) is 54.6 Å². The van der Waals surface area contributed by atoms with E-state index >= 15 is 0 Å². The highest BCUT2D eigenvalue weighted by Crippen LogP contribution is 2.27. The van der Waals surface area contributed by atoms with Crippen LogP contribution in [0.4, 0.5) is 5.69 Å². The maximum Gasteiger partial charge on any atom is 0.254 e. The van der Waals surface area contributed by atoms with Gasteiger partial charge >= 0.3 is 0 Å². The predicted molar refractivity (Wildman–Crippen MR) is 108 cm³/mol. The number of carbonyl (C=O) groups excluding carboxylic acids is 1. The van der Waals surface area contributed by atoms with Crippen LogP contribution < -0.4 is 4.72 Å².